The molecule has 0 bridgehead atoms. The SMILES string of the molecule is CC1(C)S[C@H]([C@H](N=CN2CCCCCC2)C(=O)O)N[C@H]1C(=O)O. The summed E-state index contributed by atoms with van der Waals surface area (Å²) in [5, 5.41) is 21.1. The number of nitrogens with one attached hydrogen (secondary N) is 1. The molecule has 23 heavy (non-hydrogen) atoms. The molecular formula is C15H25N3O4S. The lowest BCUT2D eigenvalue weighted by atomic mass is 10.0. The lowest BCUT2D eigenvalue weighted by Gasteiger charge is -2.21. The van der Waals surface area contributed by atoms with Crippen molar-refractivity contribution in [3.05, 3.63) is 0 Å². The van der Waals surface area contributed by atoms with E-state index in [1.54, 1.807) is 20.2 Å². The average Bonchev–Trinajstić information content (AvgIpc) is 2.63. The van der Waals surface area contributed by atoms with E-state index in [2.05, 4.69) is 15.2 Å². The summed E-state index contributed by atoms with van der Waals surface area (Å²) in [4.78, 5) is 29.2. The second-order valence-corrected chi connectivity index (χ2v) is 8.37. The zero-order valence-electron chi connectivity index (χ0n) is 13.6. The maximum atomic E-state index is 11.6. The summed E-state index contributed by atoms with van der Waals surface area (Å²) in [7, 11) is 0. The molecule has 0 unspecified atom stereocenters. The van der Waals surface area contributed by atoms with Crippen LogP contribution in [0.25, 0.3) is 0 Å². The highest BCUT2D eigenvalue weighted by atomic mass is 32.2. The van der Waals surface area contributed by atoms with Crippen molar-refractivity contribution in [2.75, 3.05) is 13.1 Å². The molecule has 8 heteroatoms. The maximum Gasteiger partial charge on any atom is 0.331 e. The zero-order valence-corrected chi connectivity index (χ0v) is 14.4. The second kappa shape index (κ2) is 7.53. The van der Waals surface area contributed by atoms with Gasteiger partial charge in [0.05, 0.1) is 11.7 Å². The van der Waals surface area contributed by atoms with E-state index in [-0.39, 0.29) is 0 Å². The Balaban J connectivity index is 2.07. The molecule has 3 N–H and O–H groups in total. The van der Waals surface area contributed by atoms with E-state index in [1.165, 1.54) is 24.6 Å². The molecule has 7 nitrogen and oxygen atoms in total. The van der Waals surface area contributed by atoms with Gasteiger partial charge in [-0.15, -0.1) is 11.8 Å². The van der Waals surface area contributed by atoms with Crippen LogP contribution < -0.4 is 5.32 Å². The van der Waals surface area contributed by atoms with Gasteiger partial charge in [0.2, 0.25) is 0 Å². The second-order valence-electron chi connectivity index (χ2n) is 6.58. The molecule has 0 amide bonds. The highest BCUT2D eigenvalue weighted by Crippen LogP contribution is 2.39. The number of carbonyl (C=O) groups is 2. The summed E-state index contributed by atoms with van der Waals surface area (Å²) in [6, 6.07) is -1.78. The van der Waals surface area contributed by atoms with Crippen LogP contribution in [0.1, 0.15) is 39.5 Å². The molecule has 2 saturated heterocycles. The van der Waals surface area contributed by atoms with E-state index < -0.39 is 34.1 Å². The Hall–Kier alpha value is -1.28. The topological polar surface area (TPSA) is 102 Å². The van der Waals surface area contributed by atoms with Crippen LogP contribution in [-0.4, -0.2) is 68.7 Å². The summed E-state index contributed by atoms with van der Waals surface area (Å²) in [6.45, 7) is 5.40. The molecule has 0 aliphatic carbocycles. The van der Waals surface area contributed by atoms with Gasteiger partial charge in [-0.05, 0) is 26.7 Å². The van der Waals surface area contributed by atoms with Crippen molar-refractivity contribution in [1.82, 2.24) is 10.2 Å². The third kappa shape index (κ3) is 4.60. The van der Waals surface area contributed by atoms with Gasteiger partial charge in [0.25, 0.3) is 0 Å². The molecule has 2 aliphatic heterocycles. The van der Waals surface area contributed by atoms with Gasteiger partial charge in [0, 0.05) is 17.8 Å². The van der Waals surface area contributed by atoms with Crippen molar-refractivity contribution in [3.8, 4) is 0 Å². The molecule has 0 spiro atoms. The fourth-order valence-electron chi connectivity index (χ4n) is 2.97. The lowest BCUT2D eigenvalue weighted by molar-refractivity contribution is -0.141. The van der Waals surface area contributed by atoms with Crippen molar-refractivity contribution >= 4 is 30.0 Å². The van der Waals surface area contributed by atoms with Gasteiger partial charge >= 0.3 is 11.9 Å². The Labute approximate surface area is 140 Å². The number of nitrogens with zero attached hydrogens (tertiary/aromatic N) is 2. The monoisotopic (exact) mass is 343 g/mol. The molecular weight excluding hydrogens is 318 g/mol. The molecule has 0 radical (unpaired) electrons. The highest BCUT2D eigenvalue weighted by molar-refractivity contribution is 8.01. The van der Waals surface area contributed by atoms with Crippen molar-refractivity contribution in [2.24, 2.45) is 4.99 Å². The third-order valence-corrected chi connectivity index (χ3v) is 5.77. The van der Waals surface area contributed by atoms with E-state index in [4.69, 9.17) is 0 Å². The lowest BCUT2D eigenvalue weighted by Crippen LogP contribution is -2.47. The van der Waals surface area contributed by atoms with E-state index in [1.807, 2.05) is 0 Å². The van der Waals surface area contributed by atoms with Crippen LogP contribution in [0.15, 0.2) is 4.99 Å². The summed E-state index contributed by atoms with van der Waals surface area (Å²) in [5.41, 5.74) is 0. The first-order valence-corrected chi connectivity index (χ1v) is 8.86. The Morgan fingerprint density at radius 1 is 1.26 bits per heavy atom. The van der Waals surface area contributed by atoms with E-state index >= 15 is 0 Å². The summed E-state index contributed by atoms with van der Waals surface area (Å²) < 4.78 is -0.581. The number of aliphatic imine (C=N–C) groups is 1. The Morgan fingerprint density at radius 2 is 1.87 bits per heavy atom. The van der Waals surface area contributed by atoms with Gasteiger partial charge in [-0.25, -0.2) is 4.79 Å². The Morgan fingerprint density at radius 3 is 2.35 bits per heavy atom. The van der Waals surface area contributed by atoms with Crippen LogP contribution in [-0.2, 0) is 9.59 Å². The van der Waals surface area contributed by atoms with Crippen LogP contribution >= 0.6 is 11.8 Å². The molecule has 2 heterocycles. The minimum atomic E-state index is -1.04. The first-order valence-electron chi connectivity index (χ1n) is 7.98. The molecule has 0 aromatic rings. The Kier molecular flexibility index (Phi) is 5.91. The molecule has 130 valence electrons. The number of carboxylic acids is 2. The van der Waals surface area contributed by atoms with E-state index in [9.17, 15) is 19.8 Å². The van der Waals surface area contributed by atoms with Crippen LogP contribution in [0, 0.1) is 0 Å². The van der Waals surface area contributed by atoms with Gasteiger partial charge in [-0.3, -0.25) is 15.1 Å². The molecule has 0 aromatic heterocycles. The Bertz CT molecular complexity index is 475. The van der Waals surface area contributed by atoms with Crippen molar-refractivity contribution in [2.45, 2.75) is 61.7 Å². The minimum absolute atomic E-state index is 0.549. The van der Waals surface area contributed by atoms with Gasteiger partial charge in [0.1, 0.15) is 6.04 Å². The summed E-state index contributed by atoms with van der Waals surface area (Å²) >= 11 is 1.33. The zero-order chi connectivity index (χ0) is 17.0. The molecule has 2 rings (SSSR count). The quantitative estimate of drug-likeness (QED) is 0.510. The summed E-state index contributed by atoms with van der Waals surface area (Å²) in [5.74, 6) is -2.01. The van der Waals surface area contributed by atoms with Crippen LogP contribution in [0.2, 0.25) is 0 Å². The predicted octanol–water partition coefficient (Wildman–Crippen LogP) is 1.24. The number of hydrogen-bond acceptors (Lipinski definition) is 5. The van der Waals surface area contributed by atoms with Crippen LogP contribution in [0.5, 0.6) is 0 Å². The van der Waals surface area contributed by atoms with E-state index in [0.717, 1.165) is 25.9 Å². The number of rotatable bonds is 5. The first-order chi connectivity index (χ1) is 10.8. The van der Waals surface area contributed by atoms with Crippen LogP contribution in [0.4, 0.5) is 0 Å². The largest absolute Gasteiger partial charge is 0.480 e. The van der Waals surface area contributed by atoms with Crippen LogP contribution in [0.3, 0.4) is 0 Å². The molecule has 0 saturated carbocycles. The van der Waals surface area contributed by atoms with Gasteiger partial charge in [-0.1, -0.05) is 12.8 Å². The number of thioether (sulfide) groups is 1. The number of likely N-dealkylation sites (tertiary alicyclic amines) is 1. The maximum absolute atomic E-state index is 11.6. The highest BCUT2D eigenvalue weighted by Gasteiger charge is 2.49. The van der Waals surface area contributed by atoms with Crippen molar-refractivity contribution in [1.29, 1.82) is 0 Å². The van der Waals surface area contributed by atoms with Crippen molar-refractivity contribution < 1.29 is 19.8 Å². The molecule has 2 aliphatic rings. The van der Waals surface area contributed by atoms with Gasteiger partial charge < -0.3 is 15.1 Å². The number of hydrogen-bond donors (Lipinski definition) is 3. The third-order valence-electron chi connectivity index (χ3n) is 4.27. The van der Waals surface area contributed by atoms with Crippen molar-refractivity contribution in [3.63, 3.8) is 0 Å². The minimum Gasteiger partial charge on any atom is -0.480 e. The predicted molar refractivity (Wildman–Crippen MR) is 90.0 cm³/mol. The average molecular weight is 343 g/mol. The van der Waals surface area contributed by atoms with Gasteiger partial charge in [-0.2, -0.15) is 0 Å². The van der Waals surface area contributed by atoms with Gasteiger partial charge in [0.15, 0.2) is 6.04 Å². The molecule has 2 fully saturated rings. The molecule has 0 aromatic carbocycles. The smallest absolute Gasteiger partial charge is 0.331 e. The fourth-order valence-corrected chi connectivity index (χ4v) is 4.45. The standard InChI is InChI=1S/C15H25N3O4S/c1-15(2)11(14(21)22)17-12(23-15)10(13(19)20)16-9-18-7-5-3-4-6-8-18/h9-12,17H,3-8H2,1-2H3,(H,19,20)(H,21,22)/t10-,11-,12+/m0/s1. The fraction of sp³-hybridized carbons (Fsp3) is 0.800. The number of aliphatic carboxylic acids is 2. The number of carboxylic acid groups (broad SMARTS) is 2. The first kappa shape index (κ1) is 18.1. The van der Waals surface area contributed by atoms with E-state index in [0.29, 0.717) is 0 Å². The molecule has 3 atom stereocenters. The normalized spacial score (nSPS) is 29.4. The summed E-state index contributed by atoms with van der Waals surface area (Å²) in [6.07, 6.45) is 6.21.